The fourth-order valence-electron chi connectivity index (χ4n) is 2.49. The highest BCUT2D eigenvalue weighted by molar-refractivity contribution is 8.06. The van der Waals surface area contributed by atoms with E-state index in [0.717, 1.165) is 24.4 Å². The van der Waals surface area contributed by atoms with Crippen LogP contribution in [0.4, 0.5) is 0 Å². The summed E-state index contributed by atoms with van der Waals surface area (Å²) in [5.74, 6) is 4.70. The van der Waals surface area contributed by atoms with Crippen LogP contribution in [0.5, 0.6) is 0 Å². The van der Waals surface area contributed by atoms with E-state index in [4.69, 9.17) is 4.74 Å². The van der Waals surface area contributed by atoms with Crippen molar-refractivity contribution in [3.8, 4) is 0 Å². The van der Waals surface area contributed by atoms with Crippen LogP contribution in [0.15, 0.2) is 0 Å². The van der Waals surface area contributed by atoms with Gasteiger partial charge in [0.1, 0.15) is 0 Å². The molecule has 0 spiro atoms. The molecule has 88 valence electrons. The molecule has 3 unspecified atom stereocenters. The van der Waals surface area contributed by atoms with E-state index < -0.39 is 0 Å². The second kappa shape index (κ2) is 6.38. The summed E-state index contributed by atoms with van der Waals surface area (Å²) in [5.41, 5.74) is 0. The Bertz CT molecular complexity index is 161. The fraction of sp³-hybridized carbons (Fsp3) is 1.00. The first-order chi connectivity index (χ1) is 7.42. The quantitative estimate of drug-likeness (QED) is 0.821. The maximum Gasteiger partial charge on any atom is 0.0509 e. The van der Waals surface area contributed by atoms with Gasteiger partial charge in [-0.3, -0.25) is 0 Å². The van der Waals surface area contributed by atoms with Crippen molar-refractivity contribution < 1.29 is 4.74 Å². The predicted octanol–water partition coefficient (Wildman–Crippen LogP) is 1.85. The summed E-state index contributed by atoms with van der Waals surface area (Å²) >= 11 is 4.26. The zero-order valence-electron chi connectivity index (χ0n) is 9.41. The Kier molecular flexibility index (Phi) is 5.14. The minimum Gasteiger partial charge on any atom is -0.381 e. The van der Waals surface area contributed by atoms with Gasteiger partial charge in [0.15, 0.2) is 0 Å². The van der Waals surface area contributed by atoms with Crippen molar-refractivity contribution in [3.63, 3.8) is 0 Å². The average Bonchev–Trinajstić information content (AvgIpc) is 2.33. The Morgan fingerprint density at radius 2 is 2.33 bits per heavy atom. The molecule has 0 saturated carbocycles. The maximum absolute atomic E-state index is 5.60. The smallest absolute Gasteiger partial charge is 0.0509 e. The van der Waals surface area contributed by atoms with Gasteiger partial charge in [-0.1, -0.05) is 0 Å². The summed E-state index contributed by atoms with van der Waals surface area (Å²) in [6.07, 6.45) is 2.58. The van der Waals surface area contributed by atoms with Gasteiger partial charge in [0.05, 0.1) is 6.61 Å². The Hall–Kier alpha value is 0.620. The highest BCUT2D eigenvalue weighted by Gasteiger charge is 2.31. The molecule has 1 N–H and O–H groups in total. The van der Waals surface area contributed by atoms with Gasteiger partial charge < -0.3 is 10.1 Å². The molecule has 0 aromatic rings. The minimum atomic E-state index is 0.656. The molecular weight excluding hydrogens is 226 g/mol. The number of hydrogen-bond acceptors (Lipinski definition) is 4. The number of ether oxygens (including phenoxy) is 1. The van der Waals surface area contributed by atoms with Crippen molar-refractivity contribution in [3.05, 3.63) is 0 Å². The highest BCUT2D eigenvalue weighted by Crippen LogP contribution is 2.31. The molecule has 2 saturated heterocycles. The van der Waals surface area contributed by atoms with E-state index in [-0.39, 0.29) is 0 Å². The highest BCUT2D eigenvalue weighted by atomic mass is 32.2. The van der Waals surface area contributed by atoms with Gasteiger partial charge in [-0.15, -0.1) is 0 Å². The van der Waals surface area contributed by atoms with Crippen LogP contribution in [0.25, 0.3) is 0 Å². The van der Waals surface area contributed by atoms with Crippen LogP contribution < -0.4 is 5.32 Å². The van der Waals surface area contributed by atoms with Crippen molar-refractivity contribution >= 4 is 23.5 Å². The van der Waals surface area contributed by atoms with E-state index in [2.05, 4.69) is 35.9 Å². The first kappa shape index (κ1) is 12.1. The van der Waals surface area contributed by atoms with Crippen LogP contribution in [-0.2, 0) is 4.74 Å². The van der Waals surface area contributed by atoms with Crippen molar-refractivity contribution in [1.82, 2.24) is 5.32 Å². The number of nitrogens with one attached hydrogen (secondary N) is 1. The molecule has 0 amide bonds. The molecule has 4 heteroatoms. The lowest BCUT2D eigenvalue weighted by atomic mass is 9.92. The van der Waals surface area contributed by atoms with E-state index in [1.54, 1.807) is 0 Å². The van der Waals surface area contributed by atoms with E-state index in [0.29, 0.717) is 6.04 Å². The second-order valence-electron chi connectivity index (χ2n) is 4.28. The molecule has 0 radical (unpaired) electrons. The molecule has 2 nitrogen and oxygen atoms in total. The zero-order valence-corrected chi connectivity index (χ0v) is 11.0. The molecule has 2 rings (SSSR count). The fourth-order valence-corrected chi connectivity index (χ4v) is 5.49. The van der Waals surface area contributed by atoms with Crippen molar-refractivity contribution in [2.45, 2.75) is 24.1 Å². The van der Waals surface area contributed by atoms with Crippen LogP contribution in [0.3, 0.4) is 0 Å². The second-order valence-corrected chi connectivity index (χ2v) is 6.77. The molecule has 0 bridgehead atoms. The lowest BCUT2D eigenvalue weighted by Gasteiger charge is -2.36. The van der Waals surface area contributed by atoms with Crippen LogP contribution in [-0.4, -0.2) is 48.8 Å². The average molecular weight is 247 g/mol. The molecule has 15 heavy (non-hydrogen) atoms. The topological polar surface area (TPSA) is 21.3 Å². The van der Waals surface area contributed by atoms with E-state index in [9.17, 15) is 0 Å². The third-order valence-corrected chi connectivity index (χ3v) is 6.16. The van der Waals surface area contributed by atoms with Gasteiger partial charge in [-0.05, 0) is 25.8 Å². The third kappa shape index (κ3) is 3.29. The minimum absolute atomic E-state index is 0.656. The van der Waals surface area contributed by atoms with Crippen molar-refractivity contribution in [2.24, 2.45) is 5.92 Å². The molecule has 2 aliphatic rings. The van der Waals surface area contributed by atoms with E-state index in [1.165, 1.54) is 30.1 Å². The zero-order chi connectivity index (χ0) is 10.5. The van der Waals surface area contributed by atoms with Gasteiger partial charge in [0.25, 0.3) is 0 Å². The normalized spacial score (nSPS) is 35.0. The summed E-state index contributed by atoms with van der Waals surface area (Å²) < 4.78 is 5.60. The molecule has 3 atom stereocenters. The Morgan fingerprint density at radius 1 is 1.40 bits per heavy atom. The summed E-state index contributed by atoms with van der Waals surface area (Å²) in [7, 11) is 2.11. The first-order valence-electron chi connectivity index (χ1n) is 5.86. The van der Waals surface area contributed by atoms with Gasteiger partial charge >= 0.3 is 0 Å². The standard InChI is InChI=1S/C11H21NOS2/c1-12-11(9-3-2-4-13-7-9)10-8-14-5-6-15-10/h9-12H,2-8H2,1H3. The van der Waals surface area contributed by atoms with Gasteiger partial charge in [0.2, 0.25) is 0 Å². The summed E-state index contributed by atoms with van der Waals surface area (Å²) in [6.45, 7) is 1.94. The van der Waals surface area contributed by atoms with Crippen LogP contribution in [0.1, 0.15) is 12.8 Å². The van der Waals surface area contributed by atoms with Crippen molar-refractivity contribution in [2.75, 3.05) is 37.5 Å². The number of rotatable bonds is 3. The Labute approximate surface area is 101 Å². The lowest BCUT2D eigenvalue weighted by molar-refractivity contribution is 0.0408. The number of thioether (sulfide) groups is 2. The van der Waals surface area contributed by atoms with Gasteiger partial charge in [0, 0.05) is 35.2 Å². The van der Waals surface area contributed by atoms with Gasteiger partial charge in [-0.25, -0.2) is 0 Å². The number of hydrogen-bond donors (Lipinski definition) is 1. The monoisotopic (exact) mass is 247 g/mol. The molecule has 2 fully saturated rings. The maximum atomic E-state index is 5.60. The molecular formula is C11H21NOS2. The van der Waals surface area contributed by atoms with E-state index in [1.807, 2.05) is 0 Å². The first-order valence-corrected chi connectivity index (χ1v) is 8.06. The van der Waals surface area contributed by atoms with Crippen molar-refractivity contribution in [1.29, 1.82) is 0 Å². The molecule has 2 aliphatic heterocycles. The molecule has 0 aliphatic carbocycles. The van der Waals surface area contributed by atoms with E-state index >= 15 is 0 Å². The summed E-state index contributed by atoms with van der Waals surface area (Å²) in [5, 5.41) is 4.32. The third-order valence-electron chi connectivity index (χ3n) is 3.28. The van der Waals surface area contributed by atoms with Crippen LogP contribution in [0, 0.1) is 5.92 Å². The summed E-state index contributed by atoms with van der Waals surface area (Å²) in [4.78, 5) is 0. The predicted molar refractivity (Wildman–Crippen MR) is 70.0 cm³/mol. The molecule has 0 aromatic heterocycles. The Balaban J connectivity index is 1.88. The SMILES string of the molecule is CNC(C1CCCOC1)C1CSCCS1. The molecule has 0 aromatic carbocycles. The lowest BCUT2D eigenvalue weighted by Crippen LogP contribution is -2.47. The molecule has 2 heterocycles. The Morgan fingerprint density at radius 3 is 2.93 bits per heavy atom. The van der Waals surface area contributed by atoms with Crippen LogP contribution in [0.2, 0.25) is 0 Å². The summed E-state index contributed by atoms with van der Waals surface area (Å²) in [6, 6.07) is 0.656. The van der Waals surface area contributed by atoms with Crippen LogP contribution >= 0.6 is 23.5 Å². The van der Waals surface area contributed by atoms with Gasteiger partial charge in [-0.2, -0.15) is 23.5 Å². The largest absolute Gasteiger partial charge is 0.381 e.